The molecule has 1 N–H and O–H groups in total. The van der Waals surface area contributed by atoms with Crippen LogP contribution in [0.5, 0.6) is 0 Å². The number of methoxy groups -OCH3 is 1. The van der Waals surface area contributed by atoms with E-state index in [1.54, 1.807) is 7.11 Å². The average molecular weight is 223 g/mol. The van der Waals surface area contributed by atoms with Crippen molar-refractivity contribution in [3.8, 4) is 0 Å². The molecular weight excluding hydrogens is 202 g/mol. The first-order valence-electron chi connectivity index (χ1n) is 5.85. The highest BCUT2D eigenvalue weighted by Gasteiger charge is 2.47. The van der Waals surface area contributed by atoms with Gasteiger partial charge < -0.3 is 14.6 Å². The zero-order chi connectivity index (χ0) is 11.6. The Morgan fingerprint density at radius 2 is 2.38 bits per heavy atom. The van der Waals surface area contributed by atoms with Crippen LogP contribution in [0.15, 0.2) is 12.5 Å². The molecule has 0 spiro atoms. The van der Waals surface area contributed by atoms with Gasteiger partial charge >= 0.3 is 0 Å². The van der Waals surface area contributed by atoms with E-state index in [1.807, 2.05) is 12.5 Å². The number of hydrogen-bond acceptors (Lipinski definition) is 3. The first-order chi connectivity index (χ1) is 7.65. The van der Waals surface area contributed by atoms with Crippen molar-refractivity contribution in [2.24, 2.45) is 5.41 Å². The third kappa shape index (κ3) is 2.44. The molecule has 16 heavy (non-hydrogen) atoms. The quantitative estimate of drug-likeness (QED) is 0.744. The van der Waals surface area contributed by atoms with Gasteiger partial charge in [0, 0.05) is 32.4 Å². The fourth-order valence-corrected chi connectivity index (χ4v) is 2.05. The summed E-state index contributed by atoms with van der Waals surface area (Å²) >= 11 is 0. The third-order valence-corrected chi connectivity index (χ3v) is 3.33. The maximum atomic E-state index is 5.00. The van der Waals surface area contributed by atoms with Crippen LogP contribution in [-0.2, 0) is 11.3 Å². The highest BCUT2D eigenvalue weighted by molar-refractivity contribution is 5.09. The van der Waals surface area contributed by atoms with E-state index in [1.165, 1.54) is 12.1 Å². The summed E-state index contributed by atoms with van der Waals surface area (Å²) in [6.07, 6.45) is 5.16. The van der Waals surface area contributed by atoms with Gasteiger partial charge in [0.15, 0.2) is 0 Å². The van der Waals surface area contributed by atoms with E-state index >= 15 is 0 Å². The van der Waals surface area contributed by atoms with Gasteiger partial charge in [-0.25, -0.2) is 4.98 Å². The Hall–Kier alpha value is -0.870. The van der Waals surface area contributed by atoms with Gasteiger partial charge in [-0.3, -0.25) is 0 Å². The molecule has 1 fully saturated rings. The number of nitrogens with zero attached hydrogens (tertiary/aromatic N) is 2. The van der Waals surface area contributed by atoms with Crippen LogP contribution >= 0.6 is 0 Å². The van der Waals surface area contributed by atoms with E-state index in [4.69, 9.17) is 4.74 Å². The maximum absolute atomic E-state index is 5.00. The van der Waals surface area contributed by atoms with E-state index in [0.29, 0.717) is 11.5 Å². The molecule has 2 rings (SSSR count). The van der Waals surface area contributed by atoms with Crippen LogP contribution in [0.2, 0.25) is 0 Å². The lowest BCUT2D eigenvalue weighted by molar-refractivity contribution is 0.199. The fourth-order valence-electron chi connectivity index (χ4n) is 2.05. The van der Waals surface area contributed by atoms with Gasteiger partial charge in [0.1, 0.15) is 0 Å². The molecule has 1 atom stereocenters. The second-order valence-corrected chi connectivity index (χ2v) is 5.17. The summed E-state index contributed by atoms with van der Waals surface area (Å²) < 4.78 is 7.30. The molecule has 1 saturated carbocycles. The minimum atomic E-state index is 0.446. The normalized spacial score (nSPS) is 22.3. The third-order valence-electron chi connectivity index (χ3n) is 3.33. The number of ether oxygens (including phenoxy) is 1. The van der Waals surface area contributed by atoms with Gasteiger partial charge in [0.05, 0.1) is 18.6 Å². The standard InChI is InChI=1S/C12H21N3O/c1-12(2)6-11(12)15-9-14-8-10(15)7-13-4-5-16-3/h8-9,11,13H,4-7H2,1-3H3. The zero-order valence-electron chi connectivity index (χ0n) is 10.4. The van der Waals surface area contributed by atoms with Crippen molar-refractivity contribution < 1.29 is 4.74 Å². The number of aromatic nitrogens is 2. The Bertz CT molecular complexity index is 346. The van der Waals surface area contributed by atoms with E-state index < -0.39 is 0 Å². The molecule has 4 heteroatoms. The molecule has 1 heterocycles. The topological polar surface area (TPSA) is 39.1 Å². The van der Waals surface area contributed by atoms with Crippen LogP contribution in [0.1, 0.15) is 32.0 Å². The molecule has 1 aromatic heterocycles. The predicted octanol–water partition coefficient (Wildman–Crippen LogP) is 1.59. The fraction of sp³-hybridized carbons (Fsp3) is 0.750. The molecule has 1 unspecified atom stereocenters. The monoisotopic (exact) mass is 223 g/mol. The van der Waals surface area contributed by atoms with Gasteiger partial charge in [-0.05, 0) is 11.8 Å². The van der Waals surface area contributed by atoms with Crippen molar-refractivity contribution in [3.05, 3.63) is 18.2 Å². The zero-order valence-corrected chi connectivity index (χ0v) is 10.4. The Morgan fingerprint density at radius 1 is 1.62 bits per heavy atom. The lowest BCUT2D eigenvalue weighted by Crippen LogP contribution is -2.20. The second-order valence-electron chi connectivity index (χ2n) is 5.17. The van der Waals surface area contributed by atoms with E-state index in [0.717, 1.165) is 19.7 Å². The van der Waals surface area contributed by atoms with Crippen molar-refractivity contribution in [2.45, 2.75) is 32.9 Å². The first-order valence-corrected chi connectivity index (χ1v) is 5.85. The van der Waals surface area contributed by atoms with Gasteiger partial charge in [-0.15, -0.1) is 0 Å². The molecule has 90 valence electrons. The van der Waals surface area contributed by atoms with E-state index in [9.17, 15) is 0 Å². The molecule has 0 aromatic carbocycles. The molecule has 0 bridgehead atoms. The summed E-state index contributed by atoms with van der Waals surface area (Å²) in [4.78, 5) is 4.24. The van der Waals surface area contributed by atoms with Gasteiger partial charge in [0.25, 0.3) is 0 Å². The van der Waals surface area contributed by atoms with Crippen molar-refractivity contribution >= 4 is 0 Å². The van der Waals surface area contributed by atoms with Crippen molar-refractivity contribution in [2.75, 3.05) is 20.3 Å². The van der Waals surface area contributed by atoms with Crippen LogP contribution < -0.4 is 5.32 Å². The molecule has 1 aliphatic rings. The van der Waals surface area contributed by atoms with Crippen LogP contribution in [-0.4, -0.2) is 29.8 Å². The Balaban J connectivity index is 1.88. The van der Waals surface area contributed by atoms with E-state index in [-0.39, 0.29) is 0 Å². The predicted molar refractivity (Wildman–Crippen MR) is 63.2 cm³/mol. The lowest BCUT2D eigenvalue weighted by atomic mass is 10.2. The lowest BCUT2D eigenvalue weighted by Gasteiger charge is -2.10. The molecule has 4 nitrogen and oxygen atoms in total. The van der Waals surface area contributed by atoms with Crippen LogP contribution in [0.25, 0.3) is 0 Å². The molecule has 0 aliphatic heterocycles. The highest BCUT2D eigenvalue weighted by atomic mass is 16.5. The van der Waals surface area contributed by atoms with Crippen LogP contribution in [0.3, 0.4) is 0 Å². The highest BCUT2D eigenvalue weighted by Crippen LogP contribution is 2.55. The van der Waals surface area contributed by atoms with Gasteiger partial charge in [0.2, 0.25) is 0 Å². The molecule has 0 amide bonds. The average Bonchev–Trinajstić information content (AvgIpc) is 2.69. The van der Waals surface area contributed by atoms with Crippen LogP contribution in [0.4, 0.5) is 0 Å². The Kier molecular flexibility index (Phi) is 3.30. The number of rotatable bonds is 6. The number of hydrogen-bond donors (Lipinski definition) is 1. The smallest absolute Gasteiger partial charge is 0.0951 e. The van der Waals surface area contributed by atoms with Gasteiger partial charge in [-0.1, -0.05) is 13.8 Å². The van der Waals surface area contributed by atoms with Crippen molar-refractivity contribution in [1.29, 1.82) is 0 Å². The molecule has 0 radical (unpaired) electrons. The summed E-state index contributed by atoms with van der Waals surface area (Å²) in [5, 5.41) is 3.35. The summed E-state index contributed by atoms with van der Waals surface area (Å²) in [5.41, 5.74) is 1.72. The summed E-state index contributed by atoms with van der Waals surface area (Å²) in [6.45, 7) is 7.12. The Labute approximate surface area is 97.0 Å². The maximum Gasteiger partial charge on any atom is 0.0951 e. The Morgan fingerprint density at radius 3 is 3.00 bits per heavy atom. The first kappa shape index (κ1) is 11.6. The summed E-state index contributed by atoms with van der Waals surface area (Å²) in [5.74, 6) is 0. The largest absolute Gasteiger partial charge is 0.383 e. The summed E-state index contributed by atoms with van der Waals surface area (Å²) in [6, 6.07) is 0.634. The molecular formula is C12H21N3O. The van der Waals surface area contributed by atoms with E-state index in [2.05, 4.69) is 28.7 Å². The molecule has 0 saturated heterocycles. The summed E-state index contributed by atoms with van der Waals surface area (Å²) in [7, 11) is 1.72. The SMILES string of the molecule is COCCNCc1cncn1C1CC1(C)C. The van der Waals surface area contributed by atoms with Crippen molar-refractivity contribution in [3.63, 3.8) is 0 Å². The van der Waals surface area contributed by atoms with Gasteiger partial charge in [-0.2, -0.15) is 0 Å². The van der Waals surface area contributed by atoms with Crippen molar-refractivity contribution in [1.82, 2.24) is 14.9 Å². The minimum Gasteiger partial charge on any atom is -0.383 e. The second kappa shape index (κ2) is 4.55. The molecule has 1 aliphatic carbocycles. The number of nitrogens with one attached hydrogen (secondary N) is 1. The molecule has 1 aromatic rings. The minimum absolute atomic E-state index is 0.446. The van der Waals surface area contributed by atoms with Crippen LogP contribution in [0, 0.1) is 5.41 Å². The number of imidazole rings is 1.